The molecule has 2 aromatic carbocycles. The van der Waals surface area contributed by atoms with Gasteiger partial charge in [0.05, 0.1) is 17.5 Å². The number of aliphatic carboxylic acids is 1. The van der Waals surface area contributed by atoms with Crippen molar-refractivity contribution in [2.45, 2.75) is 25.4 Å². The molecule has 29 heavy (non-hydrogen) atoms. The maximum atomic E-state index is 13.4. The fraction of sp³-hybridized carbons (Fsp3) is 0.286. The Bertz CT molecular complexity index is 1060. The van der Waals surface area contributed by atoms with Gasteiger partial charge >= 0.3 is 5.97 Å². The second kappa shape index (κ2) is 6.67. The molecule has 2 heterocycles. The van der Waals surface area contributed by atoms with Gasteiger partial charge in [0.15, 0.2) is 0 Å². The number of aryl methyl sites for hydroxylation is 1. The summed E-state index contributed by atoms with van der Waals surface area (Å²) in [5.74, 6) is -4.39. The number of aromatic hydroxyl groups is 1. The number of nitrogens with one attached hydrogen (secondary N) is 1. The van der Waals surface area contributed by atoms with Gasteiger partial charge in [0, 0.05) is 16.1 Å². The number of fused-ring (bicyclic) bond motifs is 1. The molecule has 3 N–H and O–H groups in total. The van der Waals surface area contributed by atoms with E-state index in [1.54, 1.807) is 30.3 Å². The summed E-state index contributed by atoms with van der Waals surface area (Å²) in [5, 5.41) is 23.2. The largest absolute Gasteiger partial charge is 0.508 e. The van der Waals surface area contributed by atoms with E-state index in [0.29, 0.717) is 15.7 Å². The molecule has 2 aromatic rings. The zero-order chi connectivity index (χ0) is 21.1. The number of phenolic OH excluding ortho intramolecular Hbond substituents is 1. The molecule has 4 atom stereocenters. The van der Waals surface area contributed by atoms with Crippen molar-refractivity contribution in [3.8, 4) is 5.75 Å². The Balaban J connectivity index is 1.86. The van der Waals surface area contributed by atoms with Crippen molar-refractivity contribution < 1.29 is 24.6 Å². The Morgan fingerprint density at radius 3 is 2.55 bits per heavy atom. The van der Waals surface area contributed by atoms with Gasteiger partial charge in [0.25, 0.3) is 0 Å². The van der Waals surface area contributed by atoms with Crippen molar-refractivity contribution in [3.05, 3.63) is 58.1 Å². The van der Waals surface area contributed by atoms with Gasteiger partial charge in [0.2, 0.25) is 11.8 Å². The Hall–Kier alpha value is -2.71. The van der Waals surface area contributed by atoms with Crippen LogP contribution in [0.4, 0.5) is 5.69 Å². The zero-order valence-electron chi connectivity index (χ0n) is 15.7. The second-order valence-corrected chi connectivity index (χ2v) is 8.60. The molecule has 2 amide bonds. The first-order valence-electron chi connectivity index (χ1n) is 9.09. The Morgan fingerprint density at radius 2 is 1.90 bits per heavy atom. The summed E-state index contributed by atoms with van der Waals surface area (Å²) in [4.78, 5) is 39.9. The molecule has 0 saturated carbocycles. The van der Waals surface area contributed by atoms with Crippen LogP contribution in [0, 0.1) is 18.8 Å². The number of carbonyl (C=O) groups is 3. The van der Waals surface area contributed by atoms with Gasteiger partial charge in [-0.1, -0.05) is 28.1 Å². The predicted octanol–water partition coefficient (Wildman–Crippen LogP) is 2.76. The summed E-state index contributed by atoms with van der Waals surface area (Å²) < 4.78 is 0.667. The van der Waals surface area contributed by atoms with E-state index < -0.39 is 41.2 Å². The van der Waals surface area contributed by atoms with Gasteiger partial charge < -0.3 is 10.2 Å². The third kappa shape index (κ3) is 2.86. The highest BCUT2D eigenvalue weighted by molar-refractivity contribution is 9.10. The van der Waals surface area contributed by atoms with E-state index in [1.807, 2.05) is 13.0 Å². The number of hydrogen-bond donors (Lipinski definition) is 3. The molecule has 4 rings (SSSR count). The van der Waals surface area contributed by atoms with E-state index in [2.05, 4.69) is 21.2 Å². The molecule has 4 unspecified atom stereocenters. The summed E-state index contributed by atoms with van der Waals surface area (Å²) in [6.45, 7) is 3.26. The SMILES string of the molecule is Cc1cccc(N2C(=O)C3C(c4cc(Br)ccc4O)NC(C)(C(=O)O)C3C2=O)c1. The lowest BCUT2D eigenvalue weighted by Gasteiger charge is -2.27. The number of rotatable bonds is 3. The standard InChI is InChI=1S/C21H19BrN2O5/c1-10-4-3-5-12(8-10)24-18(26)15-16(19(24)27)21(2,20(28)29)23-17(15)13-9-11(22)6-7-14(13)25/h3-9,15-17,23,25H,1-2H3,(H,28,29). The number of amides is 2. The molecule has 2 aliphatic heterocycles. The van der Waals surface area contributed by atoms with E-state index >= 15 is 0 Å². The third-order valence-corrected chi connectivity index (χ3v) is 6.31. The lowest BCUT2D eigenvalue weighted by atomic mass is 9.80. The fourth-order valence-corrected chi connectivity index (χ4v) is 4.78. The van der Waals surface area contributed by atoms with Crippen LogP contribution in [0.5, 0.6) is 5.75 Å². The lowest BCUT2D eigenvalue weighted by molar-refractivity contribution is -0.147. The number of carboxylic acids is 1. The number of hydrogen-bond acceptors (Lipinski definition) is 5. The summed E-state index contributed by atoms with van der Waals surface area (Å²) in [7, 11) is 0. The Labute approximate surface area is 175 Å². The van der Waals surface area contributed by atoms with E-state index in [1.165, 1.54) is 13.0 Å². The molecule has 150 valence electrons. The number of phenols is 1. The molecular formula is C21H19BrN2O5. The summed E-state index contributed by atoms with van der Waals surface area (Å²) in [6, 6.07) is 10.9. The van der Waals surface area contributed by atoms with Gasteiger partial charge in [-0.3, -0.25) is 19.7 Å². The molecular weight excluding hydrogens is 440 g/mol. The van der Waals surface area contributed by atoms with Crippen LogP contribution >= 0.6 is 15.9 Å². The lowest BCUT2D eigenvalue weighted by Crippen LogP contribution is -2.53. The highest BCUT2D eigenvalue weighted by atomic mass is 79.9. The van der Waals surface area contributed by atoms with E-state index in [9.17, 15) is 24.6 Å². The number of nitrogens with zero attached hydrogens (tertiary/aromatic N) is 1. The molecule has 7 nitrogen and oxygen atoms in total. The monoisotopic (exact) mass is 458 g/mol. The molecule has 0 aromatic heterocycles. The van der Waals surface area contributed by atoms with Crippen LogP contribution in [0.1, 0.15) is 24.1 Å². The van der Waals surface area contributed by atoms with Crippen LogP contribution in [-0.2, 0) is 14.4 Å². The molecule has 2 saturated heterocycles. The van der Waals surface area contributed by atoms with Gasteiger partial charge in [-0.15, -0.1) is 0 Å². The van der Waals surface area contributed by atoms with Gasteiger partial charge in [-0.25, -0.2) is 4.90 Å². The van der Waals surface area contributed by atoms with Crippen molar-refractivity contribution in [3.63, 3.8) is 0 Å². The minimum absolute atomic E-state index is 0.0756. The van der Waals surface area contributed by atoms with Gasteiger partial charge in [-0.05, 0) is 49.7 Å². The summed E-state index contributed by atoms with van der Waals surface area (Å²) in [6.07, 6.45) is 0. The zero-order valence-corrected chi connectivity index (χ0v) is 17.3. The first-order valence-corrected chi connectivity index (χ1v) is 9.88. The average molecular weight is 459 g/mol. The molecule has 0 bridgehead atoms. The number of carbonyl (C=O) groups excluding carboxylic acids is 2. The van der Waals surface area contributed by atoms with E-state index in [4.69, 9.17) is 0 Å². The number of carboxylic acid groups (broad SMARTS) is 1. The summed E-state index contributed by atoms with van der Waals surface area (Å²) >= 11 is 3.34. The molecule has 2 aliphatic rings. The smallest absolute Gasteiger partial charge is 0.324 e. The quantitative estimate of drug-likeness (QED) is 0.610. The highest BCUT2D eigenvalue weighted by Crippen LogP contribution is 2.51. The molecule has 2 fully saturated rings. The number of anilines is 1. The second-order valence-electron chi connectivity index (χ2n) is 7.69. The Morgan fingerprint density at radius 1 is 1.17 bits per heavy atom. The topological polar surface area (TPSA) is 107 Å². The highest BCUT2D eigenvalue weighted by Gasteiger charge is 2.67. The van der Waals surface area contributed by atoms with Crippen LogP contribution in [0.3, 0.4) is 0 Å². The van der Waals surface area contributed by atoms with Crippen LogP contribution in [0.15, 0.2) is 46.9 Å². The first-order chi connectivity index (χ1) is 13.6. The number of benzene rings is 2. The maximum absolute atomic E-state index is 13.4. The van der Waals surface area contributed by atoms with Crippen molar-refractivity contribution in [1.29, 1.82) is 0 Å². The van der Waals surface area contributed by atoms with Crippen molar-refractivity contribution in [2.75, 3.05) is 4.90 Å². The normalized spacial score (nSPS) is 28.7. The number of imide groups is 1. The van der Waals surface area contributed by atoms with Gasteiger partial charge in [-0.2, -0.15) is 0 Å². The average Bonchev–Trinajstić information content (AvgIpc) is 3.11. The third-order valence-electron chi connectivity index (χ3n) is 5.82. The maximum Gasteiger partial charge on any atom is 0.324 e. The predicted molar refractivity (Wildman–Crippen MR) is 108 cm³/mol. The van der Waals surface area contributed by atoms with Crippen molar-refractivity contribution in [1.82, 2.24) is 5.32 Å². The van der Waals surface area contributed by atoms with Crippen LogP contribution in [0.25, 0.3) is 0 Å². The molecule has 0 spiro atoms. The molecule has 0 aliphatic carbocycles. The summed E-state index contributed by atoms with van der Waals surface area (Å²) in [5.41, 5.74) is 0.00138. The minimum Gasteiger partial charge on any atom is -0.508 e. The van der Waals surface area contributed by atoms with Crippen LogP contribution < -0.4 is 10.2 Å². The minimum atomic E-state index is -1.66. The van der Waals surface area contributed by atoms with Crippen molar-refractivity contribution >= 4 is 39.4 Å². The number of halogens is 1. The first kappa shape index (κ1) is 19.6. The molecule has 0 radical (unpaired) electrons. The van der Waals surface area contributed by atoms with E-state index in [0.717, 1.165) is 10.5 Å². The fourth-order valence-electron chi connectivity index (χ4n) is 4.40. The van der Waals surface area contributed by atoms with Crippen LogP contribution in [-0.4, -0.2) is 33.5 Å². The van der Waals surface area contributed by atoms with Crippen molar-refractivity contribution in [2.24, 2.45) is 11.8 Å². The Kier molecular flexibility index (Phi) is 4.51. The van der Waals surface area contributed by atoms with Crippen LogP contribution in [0.2, 0.25) is 0 Å². The van der Waals surface area contributed by atoms with Gasteiger partial charge in [0.1, 0.15) is 11.3 Å². The molecule has 8 heteroatoms. The van der Waals surface area contributed by atoms with E-state index in [-0.39, 0.29) is 5.75 Å².